The monoisotopic (exact) mass is 391 g/mol. The zero-order valence-electron chi connectivity index (χ0n) is 10.8. The van der Waals surface area contributed by atoms with E-state index in [0.29, 0.717) is 0 Å². The summed E-state index contributed by atoms with van der Waals surface area (Å²) in [5.74, 6) is 1.80. The van der Waals surface area contributed by atoms with Gasteiger partial charge in [0.15, 0.2) is 5.96 Å². The first kappa shape index (κ1) is 16.0. The van der Waals surface area contributed by atoms with Gasteiger partial charge in [-0.05, 0) is 23.6 Å². The van der Waals surface area contributed by atoms with Gasteiger partial charge in [0.05, 0.1) is 12.8 Å². The van der Waals surface area contributed by atoms with Crippen molar-refractivity contribution < 1.29 is 4.42 Å². The van der Waals surface area contributed by atoms with Crippen LogP contribution in [-0.4, -0.2) is 19.6 Å². The smallest absolute Gasteiger partial charge is 0.191 e. The number of thiophene rings is 1. The van der Waals surface area contributed by atoms with E-state index in [0.717, 1.165) is 31.2 Å². The highest BCUT2D eigenvalue weighted by atomic mass is 127. The van der Waals surface area contributed by atoms with Crippen molar-refractivity contribution in [1.29, 1.82) is 0 Å². The Balaban J connectivity index is 0.00000180. The molecule has 0 radical (unpaired) electrons. The topological polar surface area (TPSA) is 49.6 Å². The minimum atomic E-state index is 0. The molecule has 2 aromatic rings. The summed E-state index contributed by atoms with van der Waals surface area (Å²) in [6, 6.07) is 8.03. The number of nitrogens with one attached hydrogen (secondary N) is 2. The highest BCUT2D eigenvalue weighted by molar-refractivity contribution is 14.0. The molecule has 0 spiro atoms. The molecular weight excluding hydrogens is 373 g/mol. The Kier molecular flexibility index (Phi) is 7.57. The van der Waals surface area contributed by atoms with Crippen molar-refractivity contribution in [2.45, 2.75) is 13.0 Å². The summed E-state index contributed by atoms with van der Waals surface area (Å²) in [6.45, 7) is 1.61. The van der Waals surface area contributed by atoms with Gasteiger partial charge in [0.2, 0.25) is 0 Å². The molecule has 0 fully saturated rings. The van der Waals surface area contributed by atoms with Gasteiger partial charge in [-0.3, -0.25) is 4.99 Å². The van der Waals surface area contributed by atoms with Gasteiger partial charge in [0, 0.05) is 24.9 Å². The lowest BCUT2D eigenvalue weighted by Gasteiger charge is -2.10. The van der Waals surface area contributed by atoms with Crippen molar-refractivity contribution in [3.63, 3.8) is 0 Å². The number of furan rings is 1. The maximum Gasteiger partial charge on any atom is 0.191 e. The molecule has 0 amide bonds. The van der Waals surface area contributed by atoms with Gasteiger partial charge in [-0.1, -0.05) is 6.07 Å². The van der Waals surface area contributed by atoms with Gasteiger partial charge in [-0.15, -0.1) is 35.3 Å². The Morgan fingerprint density at radius 1 is 1.32 bits per heavy atom. The van der Waals surface area contributed by atoms with Crippen molar-refractivity contribution >= 4 is 41.3 Å². The van der Waals surface area contributed by atoms with E-state index in [2.05, 4.69) is 33.1 Å². The molecule has 0 saturated carbocycles. The van der Waals surface area contributed by atoms with Crippen LogP contribution in [0.25, 0.3) is 0 Å². The second kappa shape index (κ2) is 8.98. The number of hydrogen-bond acceptors (Lipinski definition) is 3. The van der Waals surface area contributed by atoms with Crippen LogP contribution in [0.4, 0.5) is 0 Å². The number of guanidine groups is 1. The summed E-state index contributed by atoms with van der Waals surface area (Å²) >= 11 is 1.74. The Labute approximate surface area is 134 Å². The Morgan fingerprint density at radius 3 is 2.84 bits per heavy atom. The molecule has 2 rings (SSSR count). The molecule has 6 heteroatoms. The van der Waals surface area contributed by atoms with E-state index in [1.807, 2.05) is 12.1 Å². The summed E-state index contributed by atoms with van der Waals surface area (Å²) < 4.78 is 5.27. The molecule has 104 valence electrons. The van der Waals surface area contributed by atoms with Crippen molar-refractivity contribution in [2.24, 2.45) is 4.99 Å². The summed E-state index contributed by atoms with van der Waals surface area (Å²) in [5.41, 5.74) is 0. The van der Waals surface area contributed by atoms with Gasteiger partial charge in [-0.25, -0.2) is 0 Å². The third kappa shape index (κ3) is 5.65. The van der Waals surface area contributed by atoms with Gasteiger partial charge in [-0.2, -0.15) is 0 Å². The lowest BCUT2D eigenvalue weighted by Crippen LogP contribution is -2.37. The quantitative estimate of drug-likeness (QED) is 0.468. The molecule has 19 heavy (non-hydrogen) atoms. The van der Waals surface area contributed by atoms with Crippen molar-refractivity contribution in [3.05, 3.63) is 46.5 Å². The van der Waals surface area contributed by atoms with Crippen LogP contribution in [0.3, 0.4) is 0 Å². The minimum absolute atomic E-state index is 0. The van der Waals surface area contributed by atoms with Crippen LogP contribution in [0.1, 0.15) is 10.6 Å². The number of nitrogens with zero attached hydrogens (tertiary/aromatic N) is 1. The van der Waals surface area contributed by atoms with Crippen LogP contribution < -0.4 is 10.6 Å². The van der Waals surface area contributed by atoms with Gasteiger partial charge in [0.1, 0.15) is 5.76 Å². The van der Waals surface area contributed by atoms with Gasteiger partial charge >= 0.3 is 0 Å². The summed E-state index contributed by atoms with van der Waals surface area (Å²) in [6.07, 6.45) is 2.55. The lowest BCUT2D eigenvalue weighted by molar-refractivity contribution is 0.507. The molecule has 0 aromatic carbocycles. The van der Waals surface area contributed by atoms with E-state index >= 15 is 0 Å². The van der Waals surface area contributed by atoms with Crippen LogP contribution >= 0.6 is 35.3 Å². The molecule has 0 aliphatic carbocycles. The SMILES string of the molecule is CN=C(NCCc1ccco1)NCc1cccs1.I. The maximum atomic E-state index is 5.27. The van der Waals surface area contributed by atoms with E-state index in [1.54, 1.807) is 24.6 Å². The molecule has 0 aliphatic rings. The average Bonchev–Trinajstić information content (AvgIpc) is 3.06. The van der Waals surface area contributed by atoms with E-state index in [1.165, 1.54) is 4.88 Å². The average molecular weight is 391 g/mol. The second-order valence-corrected chi connectivity index (χ2v) is 4.79. The van der Waals surface area contributed by atoms with Crippen LogP contribution in [0, 0.1) is 0 Å². The van der Waals surface area contributed by atoms with Crippen LogP contribution in [0.5, 0.6) is 0 Å². The van der Waals surface area contributed by atoms with Crippen molar-refractivity contribution in [2.75, 3.05) is 13.6 Å². The summed E-state index contributed by atoms with van der Waals surface area (Å²) in [7, 11) is 1.77. The predicted molar refractivity (Wildman–Crippen MR) is 90.3 cm³/mol. The van der Waals surface area contributed by atoms with E-state index < -0.39 is 0 Å². The Bertz CT molecular complexity index is 468. The molecular formula is C13H18IN3OS. The predicted octanol–water partition coefficient (Wildman–Crippen LogP) is 2.87. The maximum absolute atomic E-state index is 5.27. The van der Waals surface area contributed by atoms with Crippen LogP contribution in [0.2, 0.25) is 0 Å². The first-order chi connectivity index (χ1) is 8.88. The molecule has 0 saturated heterocycles. The number of hydrogen-bond donors (Lipinski definition) is 2. The molecule has 0 unspecified atom stereocenters. The second-order valence-electron chi connectivity index (χ2n) is 3.76. The highest BCUT2D eigenvalue weighted by Crippen LogP contribution is 2.07. The molecule has 2 aromatic heterocycles. The lowest BCUT2D eigenvalue weighted by atomic mass is 10.3. The third-order valence-electron chi connectivity index (χ3n) is 2.48. The van der Waals surface area contributed by atoms with Gasteiger partial charge < -0.3 is 15.1 Å². The van der Waals surface area contributed by atoms with E-state index in [9.17, 15) is 0 Å². The zero-order valence-corrected chi connectivity index (χ0v) is 13.9. The minimum Gasteiger partial charge on any atom is -0.469 e. The Hall–Kier alpha value is -1.02. The van der Waals surface area contributed by atoms with Crippen LogP contribution in [0.15, 0.2) is 45.3 Å². The van der Waals surface area contributed by atoms with Crippen LogP contribution in [-0.2, 0) is 13.0 Å². The fourth-order valence-corrected chi connectivity index (χ4v) is 2.21. The fraction of sp³-hybridized carbons (Fsp3) is 0.308. The third-order valence-corrected chi connectivity index (χ3v) is 3.35. The number of rotatable bonds is 5. The first-order valence-electron chi connectivity index (χ1n) is 5.88. The van der Waals surface area contributed by atoms with Crippen molar-refractivity contribution in [3.8, 4) is 0 Å². The largest absolute Gasteiger partial charge is 0.469 e. The standard InChI is InChI=1S/C13H17N3OS.HI/c1-14-13(16-10-12-5-3-9-18-12)15-7-6-11-4-2-8-17-11;/h2-5,8-9H,6-7,10H2,1H3,(H2,14,15,16);1H. The highest BCUT2D eigenvalue weighted by Gasteiger charge is 2.00. The summed E-state index contributed by atoms with van der Waals surface area (Å²) in [4.78, 5) is 5.47. The summed E-state index contributed by atoms with van der Waals surface area (Å²) in [5, 5.41) is 8.60. The molecule has 4 nitrogen and oxygen atoms in total. The van der Waals surface area contributed by atoms with E-state index in [-0.39, 0.29) is 24.0 Å². The fourth-order valence-electron chi connectivity index (χ4n) is 1.56. The normalized spacial score (nSPS) is 10.9. The first-order valence-corrected chi connectivity index (χ1v) is 6.76. The van der Waals surface area contributed by atoms with Gasteiger partial charge in [0.25, 0.3) is 0 Å². The Morgan fingerprint density at radius 2 is 2.21 bits per heavy atom. The number of aliphatic imine (C=N–C) groups is 1. The molecule has 0 bridgehead atoms. The molecule has 2 N–H and O–H groups in total. The molecule has 2 heterocycles. The van der Waals surface area contributed by atoms with E-state index in [4.69, 9.17) is 4.42 Å². The molecule has 0 aliphatic heterocycles. The van der Waals surface area contributed by atoms with Crippen molar-refractivity contribution in [1.82, 2.24) is 10.6 Å². The number of halogens is 1. The molecule has 0 atom stereocenters. The zero-order chi connectivity index (χ0) is 12.6.